The van der Waals surface area contributed by atoms with E-state index in [-0.39, 0.29) is 28.8 Å². The van der Waals surface area contributed by atoms with Crippen LogP contribution in [-0.4, -0.2) is 40.6 Å². The lowest BCUT2D eigenvalue weighted by atomic mass is 10.1. The molecule has 2 heterocycles. The minimum Gasteiger partial charge on any atom is -0.454 e. The molecule has 1 saturated heterocycles. The summed E-state index contributed by atoms with van der Waals surface area (Å²) in [6.45, 7) is 4.71. The summed E-state index contributed by atoms with van der Waals surface area (Å²) in [6, 6.07) is 5.26. The number of hydrogen-bond donors (Lipinski definition) is 1. The summed E-state index contributed by atoms with van der Waals surface area (Å²) in [5.74, 6) is -1.23. The van der Waals surface area contributed by atoms with E-state index in [0.717, 1.165) is 36.9 Å². The van der Waals surface area contributed by atoms with Gasteiger partial charge in [0.1, 0.15) is 0 Å². The quantitative estimate of drug-likeness (QED) is 0.248. The summed E-state index contributed by atoms with van der Waals surface area (Å²) in [7, 11) is 0. The molecule has 154 valence electrons. The van der Waals surface area contributed by atoms with Crippen LogP contribution < -0.4 is 5.73 Å². The smallest absolute Gasteiger partial charge is 0.340 e. The third-order valence-electron chi connectivity index (χ3n) is 5.09. The van der Waals surface area contributed by atoms with Gasteiger partial charge in [0, 0.05) is 47.9 Å². The topological polar surface area (TPSA) is 127 Å². The van der Waals surface area contributed by atoms with Crippen molar-refractivity contribution in [3.63, 3.8) is 0 Å². The van der Waals surface area contributed by atoms with Crippen LogP contribution in [0.15, 0.2) is 24.3 Å². The lowest BCUT2D eigenvalue weighted by Gasteiger charge is -2.14. The Morgan fingerprint density at radius 1 is 1.31 bits per heavy atom. The monoisotopic (exact) mass is 401 g/mol. The first-order valence-corrected chi connectivity index (χ1v) is 9.30. The normalized spacial score (nSPS) is 16.0. The van der Waals surface area contributed by atoms with Crippen LogP contribution in [0.1, 0.15) is 44.9 Å². The van der Waals surface area contributed by atoms with E-state index < -0.39 is 17.5 Å². The second-order valence-electron chi connectivity index (χ2n) is 7.06. The van der Waals surface area contributed by atoms with Crippen molar-refractivity contribution in [2.24, 2.45) is 0 Å². The molecular weight excluding hydrogens is 378 g/mol. The fourth-order valence-electron chi connectivity index (χ4n) is 3.48. The summed E-state index contributed by atoms with van der Waals surface area (Å²) < 4.78 is 12.8. The number of aryl methyl sites for hydroxylation is 1. The number of nitrogens with two attached hydrogens (primary N) is 1. The Kier molecular flexibility index (Phi) is 5.97. The molecule has 1 fully saturated rings. The van der Waals surface area contributed by atoms with Crippen LogP contribution in [0.5, 0.6) is 0 Å². The van der Waals surface area contributed by atoms with Gasteiger partial charge in [-0.3, -0.25) is 14.9 Å². The molecule has 2 N–H and O–H groups in total. The third-order valence-corrected chi connectivity index (χ3v) is 5.09. The van der Waals surface area contributed by atoms with Gasteiger partial charge in [0.25, 0.3) is 5.69 Å². The number of anilines is 1. The lowest BCUT2D eigenvalue weighted by molar-refractivity contribution is -0.384. The number of ether oxygens (including phenoxy) is 2. The molecule has 0 bridgehead atoms. The molecule has 0 unspecified atom stereocenters. The van der Waals surface area contributed by atoms with Crippen molar-refractivity contribution in [3.05, 3.63) is 56.9 Å². The molecule has 9 heteroatoms. The van der Waals surface area contributed by atoms with Crippen molar-refractivity contribution in [1.82, 2.24) is 4.57 Å². The van der Waals surface area contributed by atoms with Crippen LogP contribution in [0.4, 0.5) is 11.4 Å². The molecule has 29 heavy (non-hydrogen) atoms. The van der Waals surface area contributed by atoms with Gasteiger partial charge in [-0.05, 0) is 38.8 Å². The first kappa shape index (κ1) is 20.5. The summed E-state index contributed by atoms with van der Waals surface area (Å²) in [4.78, 5) is 35.1. The van der Waals surface area contributed by atoms with Crippen molar-refractivity contribution in [2.45, 2.75) is 39.3 Å². The average molecular weight is 401 g/mol. The highest BCUT2D eigenvalue weighted by molar-refractivity contribution is 6.01. The molecule has 1 aromatic heterocycles. The summed E-state index contributed by atoms with van der Waals surface area (Å²) in [6.07, 6.45) is 2.16. The Morgan fingerprint density at radius 3 is 2.72 bits per heavy atom. The fourth-order valence-corrected chi connectivity index (χ4v) is 3.48. The number of nitrogen functional groups attached to an aromatic ring is 1. The average Bonchev–Trinajstić information content (AvgIpc) is 3.29. The van der Waals surface area contributed by atoms with Crippen molar-refractivity contribution in [2.75, 3.05) is 18.9 Å². The SMILES string of the molecule is Cc1cc(C(=O)COC(=O)c2cc([N+](=O)[O-])ccc2N)c(C)n1C[C@H]1CCCO1. The molecule has 1 aliphatic rings. The zero-order valence-electron chi connectivity index (χ0n) is 16.3. The Balaban J connectivity index is 1.69. The predicted octanol–water partition coefficient (Wildman–Crippen LogP) is 2.81. The molecule has 9 nitrogen and oxygen atoms in total. The van der Waals surface area contributed by atoms with Crippen molar-refractivity contribution < 1.29 is 24.0 Å². The third kappa shape index (κ3) is 4.45. The van der Waals surface area contributed by atoms with Crippen LogP contribution in [-0.2, 0) is 16.0 Å². The number of benzene rings is 1. The van der Waals surface area contributed by atoms with Crippen LogP contribution >= 0.6 is 0 Å². The van der Waals surface area contributed by atoms with E-state index in [2.05, 4.69) is 0 Å². The minimum absolute atomic E-state index is 0.0443. The van der Waals surface area contributed by atoms with Crippen LogP contribution in [0.3, 0.4) is 0 Å². The van der Waals surface area contributed by atoms with E-state index in [0.29, 0.717) is 12.1 Å². The van der Waals surface area contributed by atoms with Crippen LogP contribution in [0.2, 0.25) is 0 Å². The van der Waals surface area contributed by atoms with Gasteiger partial charge < -0.3 is 19.8 Å². The molecule has 1 aromatic carbocycles. The van der Waals surface area contributed by atoms with Gasteiger partial charge in [-0.1, -0.05) is 0 Å². The number of nitro groups is 1. The van der Waals surface area contributed by atoms with Gasteiger partial charge in [0.05, 0.1) is 16.6 Å². The second kappa shape index (κ2) is 8.44. The van der Waals surface area contributed by atoms with E-state index in [4.69, 9.17) is 15.2 Å². The van der Waals surface area contributed by atoms with Crippen molar-refractivity contribution >= 4 is 23.1 Å². The zero-order valence-corrected chi connectivity index (χ0v) is 16.3. The van der Waals surface area contributed by atoms with E-state index in [1.54, 1.807) is 6.07 Å². The predicted molar refractivity (Wildman–Crippen MR) is 105 cm³/mol. The maximum atomic E-state index is 12.6. The lowest BCUT2D eigenvalue weighted by Crippen LogP contribution is -2.18. The molecular formula is C20H23N3O6. The maximum absolute atomic E-state index is 12.6. The standard InChI is InChI=1S/C20H23N3O6/c1-12-8-16(13(2)22(12)10-15-4-3-7-28-15)19(24)11-29-20(25)17-9-14(23(26)27)5-6-18(17)21/h5-6,8-9,15H,3-4,7,10-11,21H2,1-2H3/t15-/m1/s1. The van der Waals surface area contributed by atoms with Crippen molar-refractivity contribution in [3.8, 4) is 0 Å². The Morgan fingerprint density at radius 2 is 2.07 bits per heavy atom. The second-order valence-corrected chi connectivity index (χ2v) is 7.06. The van der Waals surface area contributed by atoms with Crippen LogP contribution in [0, 0.1) is 24.0 Å². The molecule has 1 atom stereocenters. The van der Waals surface area contributed by atoms with Gasteiger partial charge in [-0.15, -0.1) is 0 Å². The summed E-state index contributed by atoms with van der Waals surface area (Å²) >= 11 is 0. The molecule has 1 aliphatic heterocycles. The zero-order chi connectivity index (χ0) is 21.1. The molecule has 0 aliphatic carbocycles. The maximum Gasteiger partial charge on any atom is 0.340 e. The highest BCUT2D eigenvalue weighted by atomic mass is 16.6. The molecule has 0 radical (unpaired) electrons. The Hall–Kier alpha value is -3.20. The van der Waals surface area contributed by atoms with E-state index in [9.17, 15) is 19.7 Å². The van der Waals surface area contributed by atoms with E-state index >= 15 is 0 Å². The number of carbonyl (C=O) groups is 2. The number of esters is 1. The first-order chi connectivity index (χ1) is 13.8. The molecule has 0 spiro atoms. The number of nitrogens with zero attached hydrogens (tertiary/aromatic N) is 2. The number of hydrogen-bond acceptors (Lipinski definition) is 7. The van der Waals surface area contributed by atoms with E-state index in [1.165, 1.54) is 12.1 Å². The van der Waals surface area contributed by atoms with Gasteiger partial charge in [-0.25, -0.2) is 4.79 Å². The Labute approximate surface area is 167 Å². The first-order valence-electron chi connectivity index (χ1n) is 9.30. The number of ketones is 1. The molecule has 0 amide bonds. The number of nitro benzene ring substituents is 1. The van der Waals surface area contributed by atoms with Gasteiger partial charge in [-0.2, -0.15) is 0 Å². The number of non-ortho nitro benzene ring substituents is 1. The van der Waals surface area contributed by atoms with Gasteiger partial charge in [0.15, 0.2) is 6.61 Å². The molecule has 3 rings (SSSR count). The largest absolute Gasteiger partial charge is 0.454 e. The number of carbonyl (C=O) groups excluding carboxylic acids is 2. The highest BCUT2D eigenvalue weighted by Crippen LogP contribution is 2.22. The minimum atomic E-state index is -0.882. The Bertz CT molecular complexity index is 959. The number of aromatic nitrogens is 1. The number of Topliss-reactive ketones (excluding diaryl/α,β-unsaturated/α-hetero) is 1. The fraction of sp³-hybridized carbons (Fsp3) is 0.400. The molecule has 0 saturated carbocycles. The van der Waals surface area contributed by atoms with Gasteiger partial charge in [0.2, 0.25) is 5.78 Å². The van der Waals surface area contributed by atoms with Gasteiger partial charge >= 0.3 is 5.97 Å². The summed E-state index contributed by atoms with van der Waals surface area (Å²) in [5, 5.41) is 10.9. The van der Waals surface area contributed by atoms with Crippen LogP contribution in [0.25, 0.3) is 0 Å². The summed E-state index contributed by atoms with van der Waals surface area (Å²) in [5.41, 5.74) is 7.51. The highest BCUT2D eigenvalue weighted by Gasteiger charge is 2.23. The van der Waals surface area contributed by atoms with E-state index in [1.807, 2.05) is 18.4 Å². The molecule has 2 aromatic rings. The van der Waals surface area contributed by atoms with Crippen molar-refractivity contribution in [1.29, 1.82) is 0 Å². The number of rotatable bonds is 7.